The molecule has 5 nitrogen and oxygen atoms in total. The van der Waals surface area contributed by atoms with Gasteiger partial charge in [-0.05, 0) is 73.7 Å². The second-order valence-electron chi connectivity index (χ2n) is 10.4. The number of carbonyl (C=O) groups is 3. The summed E-state index contributed by atoms with van der Waals surface area (Å²) in [5, 5.41) is 12.0. The summed E-state index contributed by atoms with van der Waals surface area (Å²) in [6.45, 7) is 4.45. The molecule has 0 spiro atoms. The number of aliphatic hydroxyl groups is 1. The lowest BCUT2D eigenvalue weighted by Gasteiger charge is -2.62. The SMILES string of the molecule is C[C@@]12CCC(=O)CC1CCC1C2CC(=O)[C@]2(C)[C@@H](C3=CC(=O)OC3)CC[C@]12O. The summed E-state index contributed by atoms with van der Waals surface area (Å²) < 4.78 is 5.12. The zero-order chi connectivity index (χ0) is 19.9. The Hall–Kier alpha value is -1.49. The summed E-state index contributed by atoms with van der Waals surface area (Å²) in [5.74, 6) is 0.623. The van der Waals surface area contributed by atoms with Crippen molar-refractivity contribution < 1.29 is 24.2 Å². The van der Waals surface area contributed by atoms with Gasteiger partial charge < -0.3 is 9.84 Å². The van der Waals surface area contributed by atoms with E-state index in [4.69, 9.17) is 4.74 Å². The topological polar surface area (TPSA) is 80.7 Å². The Kier molecular flexibility index (Phi) is 3.82. The first kappa shape index (κ1) is 18.5. The predicted molar refractivity (Wildman–Crippen MR) is 101 cm³/mol. The molecule has 7 atom stereocenters. The average Bonchev–Trinajstić information content (AvgIpc) is 3.19. The Bertz CT molecular complexity index is 799. The van der Waals surface area contributed by atoms with Gasteiger partial charge in [0.15, 0.2) is 0 Å². The van der Waals surface area contributed by atoms with Crippen molar-refractivity contribution in [1.29, 1.82) is 0 Å². The largest absolute Gasteiger partial charge is 0.458 e. The number of esters is 1. The van der Waals surface area contributed by atoms with E-state index in [-0.39, 0.29) is 41.5 Å². The van der Waals surface area contributed by atoms with Crippen LogP contribution in [0.4, 0.5) is 0 Å². The fraction of sp³-hybridized carbons (Fsp3) is 0.783. The van der Waals surface area contributed by atoms with Crippen LogP contribution in [0.25, 0.3) is 0 Å². The van der Waals surface area contributed by atoms with Gasteiger partial charge in [0.2, 0.25) is 0 Å². The second kappa shape index (κ2) is 5.78. The first-order chi connectivity index (χ1) is 13.2. The van der Waals surface area contributed by atoms with Gasteiger partial charge >= 0.3 is 5.97 Å². The van der Waals surface area contributed by atoms with E-state index in [0.717, 1.165) is 31.3 Å². The summed E-state index contributed by atoms with van der Waals surface area (Å²) >= 11 is 0. The average molecular weight is 386 g/mol. The Morgan fingerprint density at radius 1 is 1.04 bits per heavy atom. The van der Waals surface area contributed by atoms with Crippen molar-refractivity contribution in [3.63, 3.8) is 0 Å². The molecule has 5 aliphatic rings. The van der Waals surface area contributed by atoms with Crippen molar-refractivity contribution in [2.45, 2.75) is 70.8 Å². The minimum Gasteiger partial charge on any atom is -0.458 e. The number of cyclic esters (lactones) is 1. The number of ketones is 2. The summed E-state index contributed by atoms with van der Waals surface area (Å²) in [6, 6.07) is 0. The molecule has 5 rings (SSSR count). The van der Waals surface area contributed by atoms with Gasteiger partial charge in [0, 0.05) is 25.3 Å². The molecule has 1 aliphatic heterocycles. The van der Waals surface area contributed by atoms with Crippen LogP contribution in [0.2, 0.25) is 0 Å². The zero-order valence-corrected chi connectivity index (χ0v) is 16.8. The second-order valence-corrected chi connectivity index (χ2v) is 10.4. The molecule has 0 aromatic heterocycles. The molecule has 0 amide bonds. The maximum atomic E-state index is 13.6. The van der Waals surface area contributed by atoms with E-state index < -0.39 is 11.0 Å². The van der Waals surface area contributed by atoms with Gasteiger partial charge in [-0.3, -0.25) is 9.59 Å². The molecule has 0 saturated heterocycles. The molecule has 0 radical (unpaired) electrons. The van der Waals surface area contributed by atoms with E-state index in [0.29, 0.717) is 37.4 Å². The smallest absolute Gasteiger partial charge is 0.331 e. The summed E-state index contributed by atoms with van der Waals surface area (Å²) in [6.07, 6.45) is 7.29. The number of carbonyl (C=O) groups excluding carboxylic acids is 3. The molecule has 0 bridgehead atoms. The Labute approximate surface area is 165 Å². The number of hydrogen-bond acceptors (Lipinski definition) is 5. The van der Waals surface area contributed by atoms with E-state index in [9.17, 15) is 19.5 Å². The third kappa shape index (κ3) is 2.14. The Morgan fingerprint density at radius 2 is 1.82 bits per heavy atom. The van der Waals surface area contributed by atoms with Gasteiger partial charge in [0.1, 0.15) is 18.2 Å². The van der Waals surface area contributed by atoms with Gasteiger partial charge in [-0.1, -0.05) is 6.92 Å². The molecular weight excluding hydrogens is 356 g/mol. The third-order valence-electron chi connectivity index (χ3n) is 9.65. The van der Waals surface area contributed by atoms with Crippen LogP contribution in [0.3, 0.4) is 0 Å². The van der Waals surface area contributed by atoms with E-state index in [1.54, 1.807) is 0 Å². The molecule has 4 aliphatic carbocycles. The van der Waals surface area contributed by atoms with Gasteiger partial charge in [-0.2, -0.15) is 0 Å². The fourth-order valence-corrected chi connectivity index (χ4v) is 7.91. The molecule has 4 saturated carbocycles. The zero-order valence-electron chi connectivity index (χ0n) is 16.8. The van der Waals surface area contributed by atoms with Crippen LogP contribution in [0.15, 0.2) is 11.6 Å². The van der Waals surface area contributed by atoms with Crippen LogP contribution in [0, 0.1) is 34.5 Å². The highest BCUT2D eigenvalue weighted by molar-refractivity contribution is 5.90. The van der Waals surface area contributed by atoms with Gasteiger partial charge in [-0.15, -0.1) is 0 Å². The third-order valence-corrected chi connectivity index (χ3v) is 9.65. The van der Waals surface area contributed by atoms with Crippen molar-refractivity contribution >= 4 is 17.5 Å². The van der Waals surface area contributed by atoms with E-state index in [1.807, 2.05) is 6.92 Å². The molecule has 3 unspecified atom stereocenters. The monoisotopic (exact) mass is 386 g/mol. The van der Waals surface area contributed by atoms with Gasteiger partial charge in [-0.25, -0.2) is 4.79 Å². The molecule has 0 aromatic carbocycles. The summed E-state index contributed by atoms with van der Waals surface area (Å²) in [7, 11) is 0. The molecule has 1 heterocycles. The fourth-order valence-electron chi connectivity index (χ4n) is 7.91. The highest BCUT2D eigenvalue weighted by Crippen LogP contribution is 2.68. The normalized spacial score (nSPS) is 50.5. The first-order valence-electron chi connectivity index (χ1n) is 10.8. The number of hydrogen-bond donors (Lipinski definition) is 1. The molecule has 152 valence electrons. The van der Waals surface area contributed by atoms with Crippen molar-refractivity contribution in [1.82, 2.24) is 0 Å². The molecule has 5 heteroatoms. The lowest BCUT2D eigenvalue weighted by atomic mass is 9.43. The van der Waals surface area contributed by atoms with Crippen molar-refractivity contribution in [2.24, 2.45) is 34.5 Å². The minimum absolute atomic E-state index is 0.0344. The molecule has 4 fully saturated rings. The number of ether oxygens (including phenoxy) is 1. The van der Waals surface area contributed by atoms with Crippen molar-refractivity contribution in [3.8, 4) is 0 Å². The van der Waals surface area contributed by atoms with E-state index in [1.165, 1.54) is 6.08 Å². The van der Waals surface area contributed by atoms with Crippen molar-refractivity contribution in [2.75, 3.05) is 6.61 Å². The molecular formula is C23H30O5. The standard InChI is InChI=1S/C23H30O5/c1-21-7-5-15(24)10-14(21)3-4-17-18(21)11-19(25)22(2)16(6-8-23(17,22)27)13-9-20(26)28-12-13/h9,14,16-18,27H,3-8,10-12H2,1-2H3/t14?,16-,17?,18?,21-,22+,23+/m1/s1. The van der Waals surface area contributed by atoms with Crippen LogP contribution in [0.5, 0.6) is 0 Å². The van der Waals surface area contributed by atoms with E-state index >= 15 is 0 Å². The van der Waals surface area contributed by atoms with Gasteiger partial charge in [0.05, 0.1) is 11.0 Å². The van der Waals surface area contributed by atoms with Crippen LogP contribution in [-0.2, 0) is 19.1 Å². The molecule has 1 N–H and O–H groups in total. The van der Waals surface area contributed by atoms with Crippen LogP contribution in [-0.4, -0.2) is 34.9 Å². The number of fused-ring (bicyclic) bond motifs is 5. The van der Waals surface area contributed by atoms with Crippen LogP contribution >= 0.6 is 0 Å². The van der Waals surface area contributed by atoms with Gasteiger partial charge in [0.25, 0.3) is 0 Å². The number of rotatable bonds is 1. The Morgan fingerprint density at radius 3 is 2.54 bits per heavy atom. The highest BCUT2D eigenvalue weighted by Gasteiger charge is 2.71. The lowest BCUT2D eigenvalue weighted by Crippen LogP contribution is -2.65. The van der Waals surface area contributed by atoms with E-state index in [2.05, 4.69) is 6.92 Å². The Balaban J connectivity index is 1.53. The van der Waals surface area contributed by atoms with Crippen LogP contribution < -0.4 is 0 Å². The minimum atomic E-state index is -1.03. The maximum absolute atomic E-state index is 13.6. The maximum Gasteiger partial charge on any atom is 0.331 e. The lowest BCUT2D eigenvalue weighted by molar-refractivity contribution is -0.202. The predicted octanol–water partition coefficient (Wildman–Crippen LogP) is 2.99. The summed E-state index contributed by atoms with van der Waals surface area (Å²) in [5.41, 5.74) is -1.03. The molecule has 28 heavy (non-hydrogen) atoms. The van der Waals surface area contributed by atoms with Crippen molar-refractivity contribution in [3.05, 3.63) is 11.6 Å². The molecule has 0 aromatic rings. The highest BCUT2D eigenvalue weighted by atomic mass is 16.5. The van der Waals surface area contributed by atoms with Crippen LogP contribution in [0.1, 0.15) is 65.2 Å². The number of Topliss-reactive ketones (excluding diaryl/α,β-unsaturated/α-hetero) is 2. The summed E-state index contributed by atoms with van der Waals surface area (Å²) in [4.78, 5) is 37.3. The quantitative estimate of drug-likeness (QED) is 0.701. The first-order valence-corrected chi connectivity index (χ1v) is 10.8.